The highest BCUT2D eigenvalue weighted by atomic mass is 32.2. The summed E-state index contributed by atoms with van der Waals surface area (Å²) in [5.74, 6) is 0. The molecule has 0 radical (unpaired) electrons. The third-order valence-corrected chi connectivity index (χ3v) is 4.86. The lowest BCUT2D eigenvalue weighted by Gasteiger charge is -2.07. The van der Waals surface area contributed by atoms with Crippen molar-refractivity contribution in [2.45, 2.75) is 38.4 Å². The van der Waals surface area contributed by atoms with Gasteiger partial charge >= 0.3 is 0 Å². The molecule has 0 saturated carbocycles. The number of hydrogen-bond donors (Lipinski definition) is 1. The summed E-state index contributed by atoms with van der Waals surface area (Å²) in [6.45, 7) is 4.65. The second-order valence-corrected chi connectivity index (χ2v) is 6.76. The molecule has 0 spiro atoms. The summed E-state index contributed by atoms with van der Waals surface area (Å²) in [5.41, 5.74) is 0.898. The van der Waals surface area contributed by atoms with Crippen molar-refractivity contribution in [2.75, 3.05) is 0 Å². The van der Waals surface area contributed by atoms with E-state index in [4.69, 9.17) is 0 Å². The Kier molecular flexibility index (Phi) is 4.33. The highest BCUT2D eigenvalue weighted by Crippen LogP contribution is 2.12. The molecule has 2 heterocycles. The van der Waals surface area contributed by atoms with Gasteiger partial charge in [-0.2, -0.15) is 5.10 Å². The summed E-state index contributed by atoms with van der Waals surface area (Å²) in [6, 6.07) is 1.51. The lowest BCUT2D eigenvalue weighted by atomic mass is 10.5. The average molecular weight is 300 g/mol. The molecular formula is C11H16N4O2S2. The van der Waals surface area contributed by atoms with Crippen LogP contribution in [-0.4, -0.2) is 23.2 Å². The number of sulfonamides is 1. The molecule has 0 aromatic carbocycles. The van der Waals surface area contributed by atoms with E-state index in [2.05, 4.69) is 14.8 Å². The lowest BCUT2D eigenvalue weighted by Crippen LogP contribution is -2.26. The van der Waals surface area contributed by atoms with Gasteiger partial charge in [0.25, 0.3) is 10.0 Å². The molecule has 19 heavy (non-hydrogen) atoms. The SMILES string of the molecule is CCCn1nccc1S(=O)(=O)NCc1nc(C)cs1. The van der Waals surface area contributed by atoms with E-state index in [0.717, 1.165) is 17.1 Å². The molecule has 2 aromatic rings. The fraction of sp³-hybridized carbons (Fsp3) is 0.455. The van der Waals surface area contributed by atoms with Gasteiger partial charge in [-0.3, -0.25) is 4.68 Å². The number of aromatic nitrogens is 3. The van der Waals surface area contributed by atoms with Crippen molar-refractivity contribution in [3.05, 3.63) is 28.3 Å². The maximum absolute atomic E-state index is 12.2. The molecule has 8 heteroatoms. The first-order chi connectivity index (χ1) is 9.03. The number of nitrogens with zero attached hydrogens (tertiary/aromatic N) is 3. The summed E-state index contributed by atoms with van der Waals surface area (Å²) in [5, 5.41) is 6.86. The molecule has 0 fully saturated rings. The Bertz CT molecular complexity index is 645. The van der Waals surface area contributed by atoms with Gasteiger partial charge in [-0.1, -0.05) is 6.92 Å². The van der Waals surface area contributed by atoms with Crippen molar-refractivity contribution in [3.8, 4) is 0 Å². The van der Waals surface area contributed by atoms with Crippen LogP contribution in [0.5, 0.6) is 0 Å². The molecule has 0 aliphatic rings. The van der Waals surface area contributed by atoms with Crippen molar-refractivity contribution >= 4 is 21.4 Å². The zero-order valence-corrected chi connectivity index (χ0v) is 12.5. The van der Waals surface area contributed by atoms with Gasteiger partial charge in [0, 0.05) is 17.6 Å². The molecule has 2 rings (SSSR count). The quantitative estimate of drug-likeness (QED) is 0.878. The summed E-state index contributed by atoms with van der Waals surface area (Å²) < 4.78 is 28.4. The predicted molar refractivity (Wildman–Crippen MR) is 73.4 cm³/mol. The maximum Gasteiger partial charge on any atom is 0.258 e. The summed E-state index contributed by atoms with van der Waals surface area (Å²) >= 11 is 1.44. The predicted octanol–water partition coefficient (Wildman–Crippen LogP) is 1.54. The number of aryl methyl sites for hydroxylation is 2. The van der Waals surface area contributed by atoms with Crippen LogP contribution in [0, 0.1) is 6.92 Å². The molecule has 0 amide bonds. The highest BCUT2D eigenvalue weighted by molar-refractivity contribution is 7.89. The van der Waals surface area contributed by atoms with Gasteiger partial charge in [0.1, 0.15) is 5.01 Å². The fourth-order valence-corrected chi connectivity index (χ4v) is 3.58. The Hall–Kier alpha value is -1.25. The Morgan fingerprint density at radius 2 is 2.26 bits per heavy atom. The zero-order chi connectivity index (χ0) is 13.9. The molecule has 0 aliphatic carbocycles. The van der Waals surface area contributed by atoms with Gasteiger partial charge in [-0.05, 0) is 19.4 Å². The van der Waals surface area contributed by atoms with Crippen molar-refractivity contribution in [1.29, 1.82) is 0 Å². The molecule has 0 bridgehead atoms. The van der Waals surface area contributed by atoms with Crippen LogP contribution < -0.4 is 4.72 Å². The molecule has 6 nitrogen and oxygen atoms in total. The van der Waals surface area contributed by atoms with Crippen LogP contribution in [0.15, 0.2) is 22.7 Å². The second-order valence-electron chi connectivity index (χ2n) is 4.10. The number of thiazole rings is 1. The second kappa shape index (κ2) is 5.81. The minimum absolute atomic E-state index is 0.197. The van der Waals surface area contributed by atoms with Crippen LogP contribution in [-0.2, 0) is 23.1 Å². The van der Waals surface area contributed by atoms with Crippen molar-refractivity contribution in [3.63, 3.8) is 0 Å². The van der Waals surface area contributed by atoms with E-state index in [1.807, 2.05) is 19.2 Å². The Balaban J connectivity index is 2.11. The minimum Gasteiger partial charge on any atom is -0.253 e. The van der Waals surface area contributed by atoms with E-state index in [1.165, 1.54) is 28.3 Å². The first-order valence-electron chi connectivity index (χ1n) is 5.95. The largest absolute Gasteiger partial charge is 0.258 e. The molecule has 1 N–H and O–H groups in total. The highest BCUT2D eigenvalue weighted by Gasteiger charge is 2.19. The van der Waals surface area contributed by atoms with Gasteiger partial charge in [-0.25, -0.2) is 18.1 Å². The summed E-state index contributed by atoms with van der Waals surface area (Å²) in [6.07, 6.45) is 2.33. The van der Waals surface area contributed by atoms with Gasteiger partial charge < -0.3 is 0 Å². The zero-order valence-electron chi connectivity index (χ0n) is 10.8. The first kappa shape index (κ1) is 14.2. The molecule has 0 unspecified atom stereocenters. The van der Waals surface area contributed by atoms with Crippen LogP contribution in [0.25, 0.3) is 0 Å². The lowest BCUT2D eigenvalue weighted by molar-refractivity contribution is 0.523. The number of nitrogens with one attached hydrogen (secondary N) is 1. The fourth-order valence-electron chi connectivity index (χ4n) is 1.64. The van der Waals surface area contributed by atoms with E-state index < -0.39 is 10.0 Å². The maximum atomic E-state index is 12.2. The van der Waals surface area contributed by atoms with Gasteiger partial charge in [0.05, 0.1) is 12.7 Å². The monoisotopic (exact) mass is 300 g/mol. The van der Waals surface area contributed by atoms with Crippen LogP contribution in [0.1, 0.15) is 24.0 Å². The summed E-state index contributed by atoms with van der Waals surface area (Å²) in [7, 11) is -3.54. The van der Waals surface area contributed by atoms with Gasteiger partial charge in [0.15, 0.2) is 5.03 Å². The Labute approximate surface area is 116 Å². The first-order valence-corrected chi connectivity index (χ1v) is 8.31. The topological polar surface area (TPSA) is 76.9 Å². The van der Waals surface area contributed by atoms with Crippen LogP contribution in [0.4, 0.5) is 0 Å². The molecule has 0 aliphatic heterocycles. The van der Waals surface area contributed by atoms with Crippen LogP contribution in [0.3, 0.4) is 0 Å². The van der Waals surface area contributed by atoms with E-state index >= 15 is 0 Å². The standard InChI is InChI=1S/C11H16N4O2S2/c1-3-6-15-11(4-5-12-15)19(16,17)13-7-10-14-9(2)8-18-10/h4-5,8,13H,3,6-7H2,1-2H3. The van der Waals surface area contributed by atoms with E-state index in [9.17, 15) is 8.42 Å². The minimum atomic E-state index is -3.54. The van der Waals surface area contributed by atoms with Crippen molar-refractivity contribution in [1.82, 2.24) is 19.5 Å². The third-order valence-electron chi connectivity index (χ3n) is 2.47. The molecule has 2 aromatic heterocycles. The van der Waals surface area contributed by atoms with Gasteiger partial charge in [0.2, 0.25) is 0 Å². The van der Waals surface area contributed by atoms with Crippen molar-refractivity contribution < 1.29 is 8.42 Å². The smallest absolute Gasteiger partial charge is 0.253 e. The molecule has 104 valence electrons. The number of rotatable bonds is 6. The normalized spacial score (nSPS) is 11.9. The molecular weight excluding hydrogens is 284 g/mol. The van der Waals surface area contributed by atoms with Crippen LogP contribution in [0.2, 0.25) is 0 Å². The molecule has 0 saturated heterocycles. The molecule has 0 atom stereocenters. The van der Waals surface area contributed by atoms with E-state index in [-0.39, 0.29) is 11.6 Å². The van der Waals surface area contributed by atoms with E-state index in [0.29, 0.717) is 6.54 Å². The summed E-state index contributed by atoms with van der Waals surface area (Å²) in [4.78, 5) is 4.22. The van der Waals surface area contributed by atoms with Crippen LogP contribution >= 0.6 is 11.3 Å². The average Bonchev–Trinajstić information content (AvgIpc) is 2.97. The van der Waals surface area contributed by atoms with Crippen molar-refractivity contribution in [2.24, 2.45) is 0 Å². The van der Waals surface area contributed by atoms with E-state index in [1.54, 1.807) is 0 Å². The Morgan fingerprint density at radius 1 is 1.47 bits per heavy atom. The van der Waals surface area contributed by atoms with Gasteiger partial charge in [-0.15, -0.1) is 11.3 Å². The third kappa shape index (κ3) is 3.40. The Morgan fingerprint density at radius 3 is 2.89 bits per heavy atom. The number of hydrogen-bond acceptors (Lipinski definition) is 5.